The maximum Gasteiger partial charge on any atom is 0.316 e. The average Bonchev–Trinajstić information content (AvgIpc) is 3.10. The van der Waals surface area contributed by atoms with Gasteiger partial charge in [0.15, 0.2) is 10.9 Å². The van der Waals surface area contributed by atoms with Crippen molar-refractivity contribution in [2.75, 3.05) is 31.3 Å². The molecule has 1 aromatic heterocycles. The van der Waals surface area contributed by atoms with Crippen molar-refractivity contribution in [3.63, 3.8) is 0 Å². The average molecular weight is 398 g/mol. The number of rotatable bonds is 9. The van der Waals surface area contributed by atoms with Gasteiger partial charge in [0.05, 0.1) is 18.2 Å². The van der Waals surface area contributed by atoms with Crippen LogP contribution in [0, 0.1) is 11.3 Å². The number of ether oxygens (including phenoxy) is 1. The molecule has 1 aromatic rings. The third-order valence-electron chi connectivity index (χ3n) is 3.99. The molecular weight excluding hydrogens is 374 g/mol. The number of amides is 1. The third-order valence-corrected chi connectivity index (χ3v) is 5.96. The molecule has 26 heavy (non-hydrogen) atoms. The Morgan fingerprint density at radius 1 is 1.38 bits per heavy atom. The minimum Gasteiger partial charge on any atom is -0.455 e. The van der Waals surface area contributed by atoms with Gasteiger partial charge in [-0.3, -0.25) is 9.59 Å². The largest absolute Gasteiger partial charge is 0.455 e. The number of nitrogens with one attached hydrogen (secondary N) is 1. The highest BCUT2D eigenvalue weighted by atomic mass is 32.2. The van der Waals surface area contributed by atoms with Gasteiger partial charge in [-0.25, -0.2) is 0 Å². The Kier molecular flexibility index (Phi) is 8.64. The van der Waals surface area contributed by atoms with E-state index in [0.29, 0.717) is 16.9 Å². The number of hydrogen-bond acceptors (Lipinski definition) is 9. The summed E-state index contributed by atoms with van der Waals surface area (Å²) >= 11 is 2.67. The fourth-order valence-corrected chi connectivity index (χ4v) is 4.13. The van der Waals surface area contributed by atoms with Crippen LogP contribution in [0.25, 0.3) is 0 Å². The van der Waals surface area contributed by atoms with E-state index in [2.05, 4.69) is 15.5 Å². The maximum absolute atomic E-state index is 11.8. The predicted octanol–water partition coefficient (Wildman–Crippen LogP) is 2.29. The molecule has 1 N–H and O–H groups in total. The SMILES string of the molecule is CN(CCC#N)C(=O)COC(=O)CSc1nnc(NC2CCCCC2)s1. The molecule has 0 unspecified atom stereocenters. The number of aromatic nitrogens is 2. The minimum atomic E-state index is -0.478. The van der Waals surface area contributed by atoms with E-state index in [1.165, 1.54) is 47.3 Å². The zero-order valence-electron chi connectivity index (χ0n) is 14.8. The molecular formula is C16H23N5O3S2. The molecule has 1 saturated carbocycles. The summed E-state index contributed by atoms with van der Waals surface area (Å²) in [6, 6.07) is 2.42. The number of nitriles is 1. The first-order valence-corrected chi connectivity index (χ1v) is 10.4. The molecule has 0 bridgehead atoms. The van der Waals surface area contributed by atoms with Crippen molar-refractivity contribution in [3.8, 4) is 6.07 Å². The number of anilines is 1. The molecule has 8 nitrogen and oxygen atoms in total. The van der Waals surface area contributed by atoms with Gasteiger partial charge in [0.1, 0.15) is 0 Å². The minimum absolute atomic E-state index is 0.0766. The lowest BCUT2D eigenvalue weighted by Crippen LogP contribution is -2.32. The molecule has 10 heteroatoms. The van der Waals surface area contributed by atoms with Gasteiger partial charge in [0.2, 0.25) is 5.13 Å². The van der Waals surface area contributed by atoms with Crippen LogP contribution in [0.4, 0.5) is 5.13 Å². The Hall–Kier alpha value is -1.86. The van der Waals surface area contributed by atoms with Gasteiger partial charge in [-0.15, -0.1) is 10.2 Å². The molecule has 2 rings (SSSR count). The number of nitrogens with zero attached hydrogens (tertiary/aromatic N) is 4. The summed E-state index contributed by atoms with van der Waals surface area (Å²) in [7, 11) is 1.57. The van der Waals surface area contributed by atoms with Crippen molar-refractivity contribution >= 4 is 40.1 Å². The summed E-state index contributed by atoms with van der Waals surface area (Å²) in [6.45, 7) is 0.00904. The third kappa shape index (κ3) is 7.17. The Morgan fingerprint density at radius 3 is 2.88 bits per heavy atom. The molecule has 0 saturated heterocycles. The summed E-state index contributed by atoms with van der Waals surface area (Å²) in [5.41, 5.74) is 0. The van der Waals surface area contributed by atoms with Crippen molar-refractivity contribution in [1.82, 2.24) is 15.1 Å². The van der Waals surface area contributed by atoms with Crippen molar-refractivity contribution in [3.05, 3.63) is 0 Å². The van der Waals surface area contributed by atoms with Crippen molar-refractivity contribution in [1.29, 1.82) is 5.26 Å². The highest BCUT2D eigenvalue weighted by Crippen LogP contribution is 2.28. The van der Waals surface area contributed by atoms with Crippen molar-refractivity contribution in [2.24, 2.45) is 0 Å². The molecule has 0 spiro atoms. The fraction of sp³-hybridized carbons (Fsp3) is 0.688. The first-order chi connectivity index (χ1) is 12.6. The van der Waals surface area contributed by atoms with Gasteiger partial charge < -0.3 is 15.0 Å². The Bertz CT molecular complexity index is 640. The molecule has 1 fully saturated rings. The molecule has 142 valence electrons. The van der Waals surface area contributed by atoms with Crippen LogP contribution in [-0.4, -0.2) is 59.0 Å². The summed E-state index contributed by atoms with van der Waals surface area (Å²) in [6.07, 6.45) is 6.35. The maximum atomic E-state index is 11.8. The number of esters is 1. The number of carbonyl (C=O) groups is 2. The predicted molar refractivity (Wildman–Crippen MR) is 100.0 cm³/mol. The van der Waals surface area contributed by atoms with Gasteiger partial charge in [-0.1, -0.05) is 42.4 Å². The Morgan fingerprint density at radius 2 is 2.15 bits per heavy atom. The monoisotopic (exact) mass is 397 g/mol. The smallest absolute Gasteiger partial charge is 0.316 e. The van der Waals surface area contributed by atoms with E-state index in [9.17, 15) is 9.59 Å². The van der Waals surface area contributed by atoms with E-state index >= 15 is 0 Å². The number of thioether (sulfide) groups is 1. The summed E-state index contributed by atoms with van der Waals surface area (Å²) < 4.78 is 5.65. The van der Waals surface area contributed by atoms with E-state index in [4.69, 9.17) is 10.00 Å². The zero-order valence-corrected chi connectivity index (χ0v) is 16.4. The summed E-state index contributed by atoms with van der Waals surface area (Å²) in [5.74, 6) is -0.727. The Balaban J connectivity index is 1.66. The lowest BCUT2D eigenvalue weighted by Gasteiger charge is -2.21. The standard InChI is InChI=1S/C16H23N5O3S2/c1-21(9-5-8-17)13(22)10-24-14(23)11-25-16-20-19-15(26-16)18-12-6-3-2-4-7-12/h12H,2-7,9-11H2,1H3,(H,18,19). The van der Waals surface area contributed by atoms with Crippen LogP contribution in [0.3, 0.4) is 0 Å². The molecule has 1 aliphatic rings. The molecule has 1 heterocycles. The summed E-state index contributed by atoms with van der Waals surface area (Å²) in [5, 5.41) is 20.9. The van der Waals surface area contributed by atoms with Gasteiger partial charge >= 0.3 is 5.97 Å². The van der Waals surface area contributed by atoms with Crippen LogP contribution in [-0.2, 0) is 14.3 Å². The lowest BCUT2D eigenvalue weighted by atomic mass is 9.96. The van der Waals surface area contributed by atoms with E-state index in [-0.39, 0.29) is 24.7 Å². The van der Waals surface area contributed by atoms with Crippen molar-refractivity contribution in [2.45, 2.75) is 48.9 Å². The van der Waals surface area contributed by atoms with Crippen LogP contribution in [0.1, 0.15) is 38.5 Å². The van der Waals surface area contributed by atoms with Crippen molar-refractivity contribution < 1.29 is 14.3 Å². The fourth-order valence-electron chi connectivity index (χ4n) is 2.51. The zero-order chi connectivity index (χ0) is 18.8. The van der Waals surface area contributed by atoms with Crippen LogP contribution in [0.5, 0.6) is 0 Å². The van der Waals surface area contributed by atoms with E-state index in [1.54, 1.807) is 7.05 Å². The van der Waals surface area contributed by atoms with Gasteiger partial charge in [-0.2, -0.15) is 5.26 Å². The first-order valence-electron chi connectivity index (χ1n) is 8.58. The molecule has 0 atom stereocenters. The second-order valence-electron chi connectivity index (χ2n) is 6.03. The van der Waals surface area contributed by atoms with E-state index < -0.39 is 5.97 Å². The van der Waals surface area contributed by atoms with E-state index in [0.717, 1.165) is 18.0 Å². The second kappa shape index (κ2) is 11.0. The number of carbonyl (C=O) groups excluding carboxylic acids is 2. The normalized spacial score (nSPS) is 14.5. The lowest BCUT2D eigenvalue weighted by molar-refractivity contribution is -0.149. The number of hydrogen-bond donors (Lipinski definition) is 1. The molecule has 1 aliphatic carbocycles. The summed E-state index contributed by atoms with van der Waals surface area (Å²) in [4.78, 5) is 24.9. The van der Waals surface area contributed by atoms with Crippen LogP contribution < -0.4 is 5.32 Å². The van der Waals surface area contributed by atoms with Gasteiger partial charge in [-0.05, 0) is 12.8 Å². The Labute approximate surface area is 161 Å². The molecule has 0 radical (unpaired) electrons. The van der Waals surface area contributed by atoms with Gasteiger partial charge in [0.25, 0.3) is 5.91 Å². The quantitative estimate of drug-likeness (QED) is 0.499. The molecule has 0 aliphatic heterocycles. The molecule has 1 amide bonds. The van der Waals surface area contributed by atoms with Gasteiger partial charge in [0, 0.05) is 19.6 Å². The molecule has 0 aromatic carbocycles. The number of likely N-dealkylation sites (N-methyl/N-ethyl adjacent to an activating group) is 1. The topological polar surface area (TPSA) is 108 Å². The highest BCUT2D eigenvalue weighted by Gasteiger charge is 2.16. The highest BCUT2D eigenvalue weighted by molar-refractivity contribution is 8.01. The van der Waals surface area contributed by atoms with Crippen LogP contribution in [0.2, 0.25) is 0 Å². The van der Waals surface area contributed by atoms with Crippen LogP contribution >= 0.6 is 23.1 Å². The van der Waals surface area contributed by atoms with E-state index in [1.807, 2.05) is 6.07 Å². The first kappa shape index (κ1) is 20.5. The second-order valence-corrected chi connectivity index (χ2v) is 8.23. The van der Waals surface area contributed by atoms with Crippen LogP contribution in [0.15, 0.2) is 4.34 Å².